The number of nitrogens with one attached hydrogen (secondary N) is 2. The van der Waals surface area contributed by atoms with Crippen molar-refractivity contribution in [2.24, 2.45) is 0 Å². The van der Waals surface area contributed by atoms with Crippen molar-refractivity contribution in [2.45, 2.75) is 24.4 Å². The topological polar surface area (TPSA) is 113 Å². The van der Waals surface area contributed by atoms with Crippen LogP contribution in [0.5, 0.6) is 6.01 Å². The van der Waals surface area contributed by atoms with Crippen LogP contribution in [0.4, 0.5) is 4.39 Å². The number of hydrogen-bond donors (Lipinski definition) is 3. The minimum Gasteiger partial charge on any atom is -0.456 e. The number of aromatic amines is 1. The van der Waals surface area contributed by atoms with Crippen LogP contribution in [0, 0.1) is 11.2 Å². The van der Waals surface area contributed by atoms with E-state index >= 15 is 0 Å². The number of aliphatic hydroxyl groups is 1. The Morgan fingerprint density at radius 3 is 2.60 bits per heavy atom. The fourth-order valence-electron chi connectivity index (χ4n) is 4.51. The Bertz CT molecular complexity index is 1430. The zero-order chi connectivity index (χ0) is 24.1. The first-order chi connectivity index (χ1) is 17.0. The molecule has 0 bridgehead atoms. The molecule has 0 spiro atoms. The lowest BCUT2D eigenvalue weighted by atomic mass is 10.0. The Hall–Kier alpha value is -3.37. The van der Waals surface area contributed by atoms with E-state index in [2.05, 4.69) is 15.0 Å². The molecule has 2 saturated heterocycles. The molecule has 8 nitrogen and oxygen atoms in total. The molecule has 178 valence electrons. The molecule has 35 heavy (non-hydrogen) atoms. The van der Waals surface area contributed by atoms with Gasteiger partial charge in [0.2, 0.25) is 0 Å². The molecule has 4 atom stereocenters. The van der Waals surface area contributed by atoms with Crippen LogP contribution in [0.2, 0.25) is 5.02 Å². The number of rotatable bonds is 5. The average Bonchev–Trinajstić information content (AvgIpc) is 3.55. The van der Waals surface area contributed by atoms with Crippen LogP contribution >= 0.6 is 11.6 Å². The number of aliphatic hydroxyl groups excluding tert-OH is 1. The smallest absolute Gasteiger partial charge is 0.296 e. The van der Waals surface area contributed by atoms with Gasteiger partial charge in [-0.25, -0.2) is 9.37 Å². The molecule has 3 N–H and O–H groups in total. The third-order valence-corrected chi connectivity index (χ3v) is 6.57. The molecule has 6 rings (SSSR count). The molecule has 4 heterocycles. The van der Waals surface area contributed by atoms with Crippen molar-refractivity contribution in [1.29, 1.82) is 5.41 Å². The summed E-state index contributed by atoms with van der Waals surface area (Å²) in [5.41, 5.74) is 3.98. The molecule has 0 saturated carbocycles. The van der Waals surface area contributed by atoms with Gasteiger partial charge in [-0.3, -0.25) is 0 Å². The van der Waals surface area contributed by atoms with Crippen LogP contribution in [0.3, 0.4) is 0 Å². The number of pyridine rings is 1. The van der Waals surface area contributed by atoms with E-state index in [1.54, 1.807) is 30.3 Å². The molecule has 2 aromatic heterocycles. The molecule has 0 radical (unpaired) electrons. The lowest BCUT2D eigenvalue weighted by Crippen LogP contribution is -2.34. The van der Waals surface area contributed by atoms with Crippen molar-refractivity contribution in [3.63, 3.8) is 0 Å². The van der Waals surface area contributed by atoms with Crippen molar-refractivity contribution in [1.82, 2.24) is 15.0 Å². The largest absolute Gasteiger partial charge is 0.456 e. The summed E-state index contributed by atoms with van der Waals surface area (Å²) in [6.45, 7) is 0.510. The summed E-state index contributed by atoms with van der Waals surface area (Å²) < 4.78 is 31.6. The summed E-state index contributed by atoms with van der Waals surface area (Å²) in [4.78, 5) is 12.1. The minimum absolute atomic E-state index is 0.219. The number of ether oxygens (including phenoxy) is 3. The number of hydrogen-bond acceptors (Lipinski definition) is 7. The fraction of sp³-hybridized carbons (Fsp3) is 0.240. The average molecular weight is 495 g/mol. The molecule has 10 heteroatoms. The molecule has 0 amide bonds. The van der Waals surface area contributed by atoms with Crippen LogP contribution in [-0.4, -0.2) is 63.9 Å². The van der Waals surface area contributed by atoms with Gasteiger partial charge >= 0.3 is 0 Å². The first kappa shape index (κ1) is 22.1. The fourth-order valence-corrected chi connectivity index (χ4v) is 4.77. The summed E-state index contributed by atoms with van der Waals surface area (Å²) in [6.07, 6.45) is -0.690. The Morgan fingerprint density at radius 1 is 1.06 bits per heavy atom. The zero-order valence-electron chi connectivity index (χ0n) is 18.2. The predicted molar refractivity (Wildman–Crippen MR) is 128 cm³/mol. The predicted octanol–water partition coefficient (Wildman–Crippen LogP) is 3.99. The SMILES string of the molecule is N=Cc1ccc(-c2ccc(-c3nc4nc(OC5COC6C(O)COC56)[nH]c4cc3Cl)cc2)c(F)c1. The Morgan fingerprint density at radius 2 is 1.83 bits per heavy atom. The third kappa shape index (κ3) is 3.96. The van der Waals surface area contributed by atoms with Crippen LogP contribution in [0.1, 0.15) is 5.56 Å². The van der Waals surface area contributed by atoms with Gasteiger partial charge in [-0.1, -0.05) is 48.0 Å². The first-order valence-corrected chi connectivity index (χ1v) is 11.4. The molecule has 4 unspecified atom stereocenters. The van der Waals surface area contributed by atoms with Crippen molar-refractivity contribution in [2.75, 3.05) is 13.2 Å². The highest BCUT2D eigenvalue weighted by atomic mass is 35.5. The monoisotopic (exact) mass is 494 g/mol. The number of H-pyrrole nitrogens is 1. The normalized spacial score (nSPS) is 23.5. The second-order valence-corrected chi connectivity index (χ2v) is 8.92. The zero-order valence-corrected chi connectivity index (χ0v) is 19.0. The Balaban J connectivity index is 1.25. The Labute approximate surface area is 204 Å². The second-order valence-electron chi connectivity index (χ2n) is 8.51. The molecule has 4 aromatic rings. The van der Waals surface area contributed by atoms with E-state index < -0.39 is 24.1 Å². The van der Waals surface area contributed by atoms with Gasteiger partial charge in [-0.05, 0) is 23.3 Å². The second kappa shape index (κ2) is 8.69. The van der Waals surface area contributed by atoms with Gasteiger partial charge in [-0.2, -0.15) is 4.98 Å². The first-order valence-electron chi connectivity index (χ1n) is 11.0. The molecule has 2 aliphatic heterocycles. The molecule has 2 aromatic carbocycles. The van der Waals surface area contributed by atoms with Crippen LogP contribution in [0.15, 0.2) is 48.5 Å². The molecule has 0 aliphatic carbocycles. The van der Waals surface area contributed by atoms with Gasteiger partial charge in [0, 0.05) is 17.3 Å². The summed E-state index contributed by atoms with van der Waals surface area (Å²) in [5, 5.41) is 17.6. The van der Waals surface area contributed by atoms with E-state index in [4.69, 9.17) is 31.2 Å². The maximum Gasteiger partial charge on any atom is 0.296 e. The summed E-state index contributed by atoms with van der Waals surface area (Å²) in [5.74, 6) is -0.392. The lowest BCUT2D eigenvalue weighted by Gasteiger charge is -2.15. The van der Waals surface area contributed by atoms with Crippen molar-refractivity contribution >= 4 is 29.0 Å². The quantitative estimate of drug-likeness (QED) is 0.362. The van der Waals surface area contributed by atoms with Gasteiger partial charge in [0.05, 0.1) is 29.4 Å². The van der Waals surface area contributed by atoms with Gasteiger partial charge in [-0.15, -0.1) is 0 Å². The number of fused-ring (bicyclic) bond motifs is 2. The van der Waals surface area contributed by atoms with E-state index in [1.165, 1.54) is 6.07 Å². The maximum atomic E-state index is 14.4. The summed E-state index contributed by atoms with van der Waals surface area (Å²) >= 11 is 6.52. The molecule has 2 fully saturated rings. The third-order valence-electron chi connectivity index (χ3n) is 6.28. The number of halogens is 2. The highest BCUT2D eigenvalue weighted by molar-refractivity contribution is 6.33. The van der Waals surface area contributed by atoms with Crippen molar-refractivity contribution in [3.8, 4) is 28.4 Å². The standard InChI is InChI=1S/C25H20ClFN4O4/c26-16-8-18-24(31-25(29-18)35-20-11-34-22-19(32)10-33-23(20)22)30-21(16)14-4-2-13(3-5-14)15-6-1-12(9-28)7-17(15)27/h1-9,19-20,22-23,28,32H,10-11H2,(H,29,30,31). The van der Waals surface area contributed by atoms with Crippen LogP contribution < -0.4 is 4.74 Å². The Kier molecular flexibility index (Phi) is 5.49. The highest BCUT2D eigenvalue weighted by Gasteiger charge is 2.48. The highest BCUT2D eigenvalue weighted by Crippen LogP contribution is 2.33. The van der Waals surface area contributed by atoms with E-state index in [-0.39, 0.29) is 18.7 Å². The van der Waals surface area contributed by atoms with Crippen molar-refractivity contribution in [3.05, 3.63) is 64.9 Å². The minimum atomic E-state index is -0.656. The van der Waals surface area contributed by atoms with Gasteiger partial charge in [0.1, 0.15) is 24.1 Å². The van der Waals surface area contributed by atoms with E-state index in [0.29, 0.717) is 45.2 Å². The van der Waals surface area contributed by atoms with E-state index in [1.807, 2.05) is 12.1 Å². The number of imidazole rings is 1. The van der Waals surface area contributed by atoms with E-state index in [9.17, 15) is 9.50 Å². The number of nitrogens with zero attached hydrogens (tertiary/aromatic N) is 2. The molecule has 2 aliphatic rings. The summed E-state index contributed by atoms with van der Waals surface area (Å²) in [7, 11) is 0. The maximum absolute atomic E-state index is 14.4. The van der Waals surface area contributed by atoms with E-state index in [0.717, 1.165) is 11.8 Å². The van der Waals surface area contributed by atoms with Gasteiger partial charge < -0.3 is 29.7 Å². The van der Waals surface area contributed by atoms with Crippen LogP contribution in [-0.2, 0) is 9.47 Å². The molecular formula is C25H20ClFN4O4. The van der Waals surface area contributed by atoms with Gasteiger partial charge in [0.15, 0.2) is 11.8 Å². The molecular weight excluding hydrogens is 475 g/mol. The lowest BCUT2D eigenvalue weighted by molar-refractivity contribution is 0.00706. The summed E-state index contributed by atoms with van der Waals surface area (Å²) in [6, 6.07) is 13.9. The van der Waals surface area contributed by atoms with Gasteiger partial charge in [0.25, 0.3) is 6.01 Å². The van der Waals surface area contributed by atoms with Crippen LogP contribution in [0.25, 0.3) is 33.5 Å². The number of benzene rings is 2. The van der Waals surface area contributed by atoms with Crippen molar-refractivity contribution < 1.29 is 23.7 Å². The number of aromatic nitrogens is 3.